The molecule has 47 heavy (non-hydrogen) atoms. The Kier molecular flexibility index (Phi) is 8.99. The summed E-state index contributed by atoms with van der Waals surface area (Å²) in [7, 11) is 1.59. The van der Waals surface area contributed by atoms with Gasteiger partial charge in [0, 0.05) is 49.9 Å². The summed E-state index contributed by atoms with van der Waals surface area (Å²) in [5.74, 6) is -0.156. The normalized spacial score (nSPS) is 10.8. The molecule has 1 aromatic heterocycles. The highest BCUT2D eigenvalue weighted by Gasteiger charge is 2.17. The summed E-state index contributed by atoms with van der Waals surface area (Å²) >= 11 is 1.50. The maximum atomic E-state index is 13.2. The van der Waals surface area contributed by atoms with Crippen molar-refractivity contribution in [3.63, 3.8) is 0 Å². The first-order chi connectivity index (χ1) is 22.8. The molecule has 0 saturated carbocycles. The number of methoxy groups -OCH3 is 1. The van der Waals surface area contributed by atoms with Crippen LogP contribution in [0.2, 0.25) is 0 Å². The van der Waals surface area contributed by atoms with Gasteiger partial charge in [0.2, 0.25) is 0 Å². The van der Waals surface area contributed by atoms with Crippen LogP contribution in [-0.2, 0) is 0 Å². The van der Waals surface area contributed by atoms with Gasteiger partial charge in [0.1, 0.15) is 12.0 Å². The third-order valence-corrected chi connectivity index (χ3v) is 8.56. The fraction of sp³-hybridized carbons (Fsp3) is 0.0526. The molecule has 4 N–H and O–H groups in total. The first kappa shape index (κ1) is 31.1. The maximum absolute atomic E-state index is 13.2. The van der Waals surface area contributed by atoms with E-state index in [1.807, 2.05) is 97.9 Å². The van der Waals surface area contributed by atoms with E-state index in [9.17, 15) is 14.4 Å². The molecule has 9 heteroatoms. The van der Waals surface area contributed by atoms with Gasteiger partial charge in [-0.25, -0.2) is 0 Å². The number of aryl methyl sites for hydroxylation is 1. The molecule has 232 valence electrons. The summed E-state index contributed by atoms with van der Waals surface area (Å²) in [6, 6.07) is 33.7. The van der Waals surface area contributed by atoms with Crippen LogP contribution in [0.5, 0.6) is 5.75 Å². The average molecular weight is 639 g/mol. The molecule has 0 unspecified atom stereocenters. The number of amides is 2. The summed E-state index contributed by atoms with van der Waals surface area (Å²) < 4.78 is 5.37. The molecule has 8 nitrogen and oxygen atoms in total. The second-order valence-corrected chi connectivity index (χ2v) is 12.0. The molecular weight excluding hydrogens is 609 g/mol. The summed E-state index contributed by atoms with van der Waals surface area (Å²) in [6.07, 6.45) is 2.31. The number of primary amides is 1. The first-order valence-corrected chi connectivity index (χ1v) is 15.5. The van der Waals surface area contributed by atoms with Gasteiger partial charge in [0.05, 0.1) is 23.9 Å². The largest absolute Gasteiger partial charge is 0.497 e. The standard InChI is InChI=1S/C38H30N4O4S/c1-23-17-32(20-33-35(23)40-21-34(37(39)44)36(33)41-29-6-4-7-30(19-29)46-2)47-31-8-3-5-27(18-31)38(45)42-28-15-13-26(14-16-28)25-11-9-24(22-43)10-12-25/h3-22H,1-2H3,(H2,39,44)(H,40,41)(H,42,45). The number of aldehydes is 1. The smallest absolute Gasteiger partial charge is 0.255 e. The fourth-order valence-electron chi connectivity index (χ4n) is 5.21. The monoisotopic (exact) mass is 638 g/mol. The number of fused-ring (bicyclic) bond motifs is 1. The van der Waals surface area contributed by atoms with Crippen LogP contribution in [0.1, 0.15) is 36.6 Å². The molecule has 0 fully saturated rings. The van der Waals surface area contributed by atoms with Gasteiger partial charge in [0.15, 0.2) is 0 Å². The zero-order valence-electron chi connectivity index (χ0n) is 25.6. The molecule has 0 aliphatic rings. The molecule has 0 atom stereocenters. The minimum absolute atomic E-state index is 0.231. The van der Waals surface area contributed by atoms with Crippen molar-refractivity contribution in [2.75, 3.05) is 17.7 Å². The molecule has 2 amide bonds. The molecule has 6 aromatic rings. The molecule has 0 radical (unpaired) electrons. The number of nitrogens with zero attached hydrogens (tertiary/aromatic N) is 1. The molecule has 1 heterocycles. The Bertz CT molecular complexity index is 2130. The van der Waals surface area contributed by atoms with Gasteiger partial charge >= 0.3 is 0 Å². The van der Waals surface area contributed by atoms with Crippen LogP contribution in [0.4, 0.5) is 17.1 Å². The van der Waals surface area contributed by atoms with Gasteiger partial charge in [-0.2, -0.15) is 0 Å². The lowest BCUT2D eigenvalue weighted by Gasteiger charge is -2.16. The van der Waals surface area contributed by atoms with E-state index in [0.29, 0.717) is 28.3 Å². The third-order valence-electron chi connectivity index (χ3n) is 7.59. The lowest BCUT2D eigenvalue weighted by molar-refractivity contribution is 0.0998. The number of anilines is 3. The van der Waals surface area contributed by atoms with Gasteiger partial charge in [-0.15, -0.1) is 0 Å². The third kappa shape index (κ3) is 7.00. The van der Waals surface area contributed by atoms with Crippen molar-refractivity contribution < 1.29 is 19.1 Å². The molecule has 6 rings (SSSR count). The van der Waals surface area contributed by atoms with Crippen molar-refractivity contribution in [3.05, 3.63) is 138 Å². The number of nitrogens with two attached hydrogens (primary N) is 1. The highest BCUT2D eigenvalue weighted by Crippen LogP contribution is 2.37. The Labute approximate surface area is 276 Å². The average Bonchev–Trinajstić information content (AvgIpc) is 3.09. The van der Waals surface area contributed by atoms with E-state index in [0.717, 1.165) is 49.4 Å². The van der Waals surface area contributed by atoms with Crippen LogP contribution in [0, 0.1) is 6.92 Å². The SMILES string of the molecule is COc1cccc(Nc2c(C(N)=O)cnc3c(C)cc(Sc4cccc(C(=O)Nc5ccc(-c6ccc(C=O)cc6)cc5)c4)cc23)c1. The molecule has 0 saturated heterocycles. The van der Waals surface area contributed by atoms with Crippen molar-refractivity contribution in [2.24, 2.45) is 5.73 Å². The number of hydrogen-bond acceptors (Lipinski definition) is 7. The summed E-state index contributed by atoms with van der Waals surface area (Å²) in [4.78, 5) is 42.9. The quantitative estimate of drug-likeness (QED) is 0.129. The molecule has 0 bridgehead atoms. The minimum atomic E-state index is -0.595. The second-order valence-electron chi connectivity index (χ2n) is 10.8. The van der Waals surface area contributed by atoms with Crippen LogP contribution in [0.25, 0.3) is 22.0 Å². The van der Waals surface area contributed by atoms with Gasteiger partial charge < -0.3 is 21.1 Å². The van der Waals surface area contributed by atoms with Crippen LogP contribution < -0.4 is 21.1 Å². The lowest BCUT2D eigenvalue weighted by atomic mass is 10.0. The van der Waals surface area contributed by atoms with Crippen LogP contribution in [0.3, 0.4) is 0 Å². The fourth-order valence-corrected chi connectivity index (χ4v) is 6.23. The van der Waals surface area contributed by atoms with E-state index < -0.39 is 5.91 Å². The first-order valence-electron chi connectivity index (χ1n) is 14.7. The van der Waals surface area contributed by atoms with Gasteiger partial charge in [-0.1, -0.05) is 60.3 Å². The molecule has 5 aromatic carbocycles. The predicted octanol–water partition coefficient (Wildman–Crippen LogP) is 8.28. The highest BCUT2D eigenvalue weighted by molar-refractivity contribution is 7.99. The Hall–Kier alpha value is -5.93. The zero-order valence-corrected chi connectivity index (χ0v) is 26.4. The Morgan fingerprint density at radius 2 is 1.55 bits per heavy atom. The van der Waals surface area contributed by atoms with Crippen molar-refractivity contribution in [3.8, 4) is 16.9 Å². The van der Waals surface area contributed by atoms with Crippen molar-refractivity contribution >= 4 is 57.8 Å². The molecular formula is C38H30N4O4S. The number of aromatic nitrogens is 1. The Morgan fingerprint density at radius 3 is 2.26 bits per heavy atom. The Morgan fingerprint density at radius 1 is 0.830 bits per heavy atom. The molecule has 0 aliphatic carbocycles. The molecule has 0 spiro atoms. The lowest BCUT2D eigenvalue weighted by Crippen LogP contribution is -2.14. The summed E-state index contributed by atoms with van der Waals surface area (Å²) in [5.41, 5.74) is 12.7. The number of rotatable bonds is 10. The second kappa shape index (κ2) is 13.6. The van der Waals surface area contributed by atoms with Crippen LogP contribution >= 0.6 is 11.8 Å². The van der Waals surface area contributed by atoms with E-state index >= 15 is 0 Å². The van der Waals surface area contributed by atoms with Crippen molar-refractivity contribution in [2.45, 2.75) is 16.7 Å². The number of ether oxygens (including phenoxy) is 1. The van der Waals surface area contributed by atoms with Gasteiger partial charge in [-0.05, 0) is 78.2 Å². The number of carbonyl (C=O) groups is 3. The van der Waals surface area contributed by atoms with E-state index in [1.165, 1.54) is 18.0 Å². The number of carbonyl (C=O) groups excluding carboxylic acids is 3. The van der Waals surface area contributed by atoms with Crippen LogP contribution in [0.15, 0.2) is 125 Å². The molecule has 0 aliphatic heterocycles. The van der Waals surface area contributed by atoms with Gasteiger partial charge in [-0.3, -0.25) is 19.4 Å². The summed E-state index contributed by atoms with van der Waals surface area (Å²) in [5, 5.41) is 7.07. The Balaban J connectivity index is 1.24. The predicted molar refractivity (Wildman–Crippen MR) is 187 cm³/mol. The van der Waals surface area contributed by atoms with E-state index in [2.05, 4.69) is 15.6 Å². The number of benzene rings is 5. The van der Waals surface area contributed by atoms with E-state index in [4.69, 9.17) is 10.5 Å². The number of nitrogens with one attached hydrogen (secondary N) is 2. The van der Waals surface area contributed by atoms with Crippen molar-refractivity contribution in [1.29, 1.82) is 0 Å². The van der Waals surface area contributed by atoms with Crippen molar-refractivity contribution in [1.82, 2.24) is 4.98 Å². The minimum Gasteiger partial charge on any atom is -0.497 e. The topological polar surface area (TPSA) is 123 Å². The van der Waals surface area contributed by atoms with E-state index in [-0.39, 0.29) is 11.5 Å². The number of pyridine rings is 1. The zero-order chi connectivity index (χ0) is 32.9. The maximum Gasteiger partial charge on any atom is 0.255 e. The van der Waals surface area contributed by atoms with Gasteiger partial charge in [0.25, 0.3) is 11.8 Å². The highest BCUT2D eigenvalue weighted by atomic mass is 32.2. The van der Waals surface area contributed by atoms with Crippen LogP contribution in [-0.4, -0.2) is 30.2 Å². The van der Waals surface area contributed by atoms with E-state index in [1.54, 1.807) is 25.3 Å². The number of hydrogen-bond donors (Lipinski definition) is 3. The summed E-state index contributed by atoms with van der Waals surface area (Å²) in [6.45, 7) is 1.97.